The van der Waals surface area contributed by atoms with Crippen LogP contribution in [0, 0.1) is 24.2 Å². The van der Waals surface area contributed by atoms with E-state index in [1.807, 2.05) is 37.3 Å². The first kappa shape index (κ1) is 19.1. The Kier molecular flexibility index (Phi) is 5.41. The average Bonchev–Trinajstić information content (AvgIpc) is 3.49. The fourth-order valence-electron chi connectivity index (χ4n) is 2.89. The van der Waals surface area contributed by atoms with Gasteiger partial charge in [0, 0.05) is 35.7 Å². The molecule has 2 heterocycles. The fourth-order valence-corrected chi connectivity index (χ4v) is 2.89. The molecule has 1 aliphatic rings. The van der Waals surface area contributed by atoms with Gasteiger partial charge in [-0.3, -0.25) is 4.79 Å². The second kappa shape index (κ2) is 7.92. The van der Waals surface area contributed by atoms with E-state index in [4.69, 9.17) is 16.7 Å². The minimum Gasteiger partial charge on any atom is -0.398 e. The summed E-state index contributed by atoms with van der Waals surface area (Å²) in [7, 11) is 0. The highest BCUT2D eigenvalue weighted by Crippen LogP contribution is 2.32. The maximum Gasteiger partial charge on any atom is 0.228 e. The molecule has 0 bridgehead atoms. The van der Waals surface area contributed by atoms with Crippen molar-refractivity contribution in [1.29, 1.82) is 5.26 Å². The number of nitrogens with two attached hydrogens (primary N) is 2. The third-order valence-electron chi connectivity index (χ3n) is 4.60. The highest BCUT2D eigenvalue weighted by Gasteiger charge is 2.29. The van der Waals surface area contributed by atoms with Crippen LogP contribution in [0.3, 0.4) is 0 Å². The maximum absolute atomic E-state index is 11.9. The van der Waals surface area contributed by atoms with Gasteiger partial charge < -0.3 is 16.8 Å². The second-order valence-corrected chi connectivity index (χ2v) is 6.69. The number of aromatic nitrogens is 2. The van der Waals surface area contributed by atoms with Crippen LogP contribution in [-0.4, -0.2) is 15.9 Å². The Hall–Kier alpha value is -3.66. The molecule has 4 rings (SSSR count). The molecule has 28 heavy (non-hydrogen) atoms. The number of nitrogens with one attached hydrogen (secondary N) is 1. The van der Waals surface area contributed by atoms with Crippen molar-refractivity contribution in [1.82, 2.24) is 9.97 Å². The van der Waals surface area contributed by atoms with Crippen LogP contribution >= 0.6 is 0 Å². The molecule has 142 valence electrons. The van der Waals surface area contributed by atoms with Gasteiger partial charge in [-0.1, -0.05) is 12.1 Å². The van der Waals surface area contributed by atoms with Crippen molar-refractivity contribution in [2.24, 2.45) is 5.92 Å². The zero-order valence-electron chi connectivity index (χ0n) is 15.9. The van der Waals surface area contributed by atoms with E-state index in [-0.39, 0.29) is 11.8 Å². The summed E-state index contributed by atoms with van der Waals surface area (Å²) in [5.41, 5.74) is 15.5. The van der Waals surface area contributed by atoms with Gasteiger partial charge in [0.05, 0.1) is 11.8 Å². The van der Waals surface area contributed by atoms with Crippen molar-refractivity contribution in [2.75, 3.05) is 16.8 Å². The summed E-state index contributed by atoms with van der Waals surface area (Å²) in [4.78, 5) is 20.7. The summed E-state index contributed by atoms with van der Waals surface area (Å²) >= 11 is 0. The maximum atomic E-state index is 11.9. The number of carbonyl (C=O) groups is 1. The number of carbonyl (C=O) groups excluding carboxylic acids is 1. The lowest BCUT2D eigenvalue weighted by Gasteiger charge is -2.11. The van der Waals surface area contributed by atoms with Crippen molar-refractivity contribution in [3.63, 3.8) is 0 Å². The fraction of sp³-hybridized carbons (Fsp3) is 0.238. The van der Waals surface area contributed by atoms with E-state index in [0.29, 0.717) is 17.3 Å². The van der Waals surface area contributed by atoms with Gasteiger partial charge in [-0.15, -0.1) is 0 Å². The number of pyridine rings is 2. The predicted octanol–water partition coefficient (Wildman–Crippen LogP) is 3.65. The average molecular weight is 374 g/mol. The van der Waals surface area contributed by atoms with Crippen molar-refractivity contribution < 1.29 is 4.79 Å². The molecule has 0 spiro atoms. The van der Waals surface area contributed by atoms with Gasteiger partial charge in [-0.25, -0.2) is 9.97 Å². The first-order valence-corrected chi connectivity index (χ1v) is 8.98. The summed E-state index contributed by atoms with van der Waals surface area (Å²) in [6.07, 6.45) is 3.56. The topological polar surface area (TPSA) is 131 Å². The summed E-state index contributed by atoms with van der Waals surface area (Å²) in [6.45, 7) is 3.39. The number of hydrogen-bond donors (Lipinski definition) is 3. The molecule has 1 aromatic carbocycles. The first-order valence-electron chi connectivity index (χ1n) is 8.98. The third kappa shape index (κ3) is 4.01. The lowest BCUT2D eigenvalue weighted by atomic mass is 10.0. The molecule has 2 aromatic heterocycles. The van der Waals surface area contributed by atoms with Gasteiger partial charge in [0.2, 0.25) is 5.91 Å². The van der Waals surface area contributed by atoms with Gasteiger partial charge >= 0.3 is 0 Å². The van der Waals surface area contributed by atoms with E-state index in [1.165, 1.54) is 6.92 Å². The number of anilines is 3. The Morgan fingerprint density at radius 1 is 1.29 bits per heavy atom. The first-order chi connectivity index (χ1) is 13.4. The number of rotatable bonds is 3. The van der Waals surface area contributed by atoms with Crippen molar-refractivity contribution in [3.05, 3.63) is 42.1 Å². The molecule has 0 saturated heterocycles. The molecule has 7 heteroatoms. The van der Waals surface area contributed by atoms with Crippen molar-refractivity contribution >= 4 is 34.0 Å². The normalized spacial score (nSPS) is 12.6. The van der Waals surface area contributed by atoms with Gasteiger partial charge in [0.25, 0.3) is 0 Å². The quantitative estimate of drug-likeness (QED) is 0.600. The molecule has 0 atom stereocenters. The smallest absolute Gasteiger partial charge is 0.228 e. The molecule has 3 aromatic rings. The van der Waals surface area contributed by atoms with Crippen LogP contribution in [0.15, 0.2) is 36.5 Å². The Morgan fingerprint density at radius 2 is 2.00 bits per heavy atom. The molecule has 5 N–H and O–H groups in total. The monoisotopic (exact) mass is 374 g/mol. The number of fused-ring (bicyclic) bond motifs is 1. The molecule has 1 aliphatic carbocycles. The van der Waals surface area contributed by atoms with E-state index >= 15 is 0 Å². The van der Waals surface area contributed by atoms with Gasteiger partial charge in [-0.2, -0.15) is 5.26 Å². The van der Waals surface area contributed by atoms with E-state index in [0.717, 1.165) is 40.4 Å². The van der Waals surface area contributed by atoms with Crippen LogP contribution in [0.25, 0.3) is 22.0 Å². The zero-order valence-corrected chi connectivity index (χ0v) is 15.9. The second-order valence-electron chi connectivity index (χ2n) is 6.69. The highest BCUT2D eigenvalue weighted by molar-refractivity contribution is 5.98. The van der Waals surface area contributed by atoms with Crippen molar-refractivity contribution in [2.45, 2.75) is 26.7 Å². The Balaban J connectivity index is 0.000000706. The minimum atomic E-state index is 0.0285. The lowest BCUT2D eigenvalue weighted by Crippen LogP contribution is -2.14. The molecule has 0 radical (unpaired) electrons. The molecular weight excluding hydrogens is 352 g/mol. The zero-order chi connectivity index (χ0) is 20.3. The summed E-state index contributed by atoms with van der Waals surface area (Å²) in [6, 6.07) is 11.3. The SMILES string of the molecule is CC#N.Cc1c(N)cccc1-c1cc2cc(NC(=O)C3CC3)ncc2c(N)n1. The molecule has 1 amide bonds. The van der Waals surface area contributed by atoms with Gasteiger partial charge in [-0.05, 0) is 48.9 Å². The third-order valence-corrected chi connectivity index (χ3v) is 4.60. The van der Waals surface area contributed by atoms with E-state index in [2.05, 4.69) is 15.3 Å². The van der Waals surface area contributed by atoms with Crippen LogP contribution < -0.4 is 16.8 Å². The number of nitrogens with zero attached hydrogens (tertiary/aromatic N) is 3. The molecule has 1 fully saturated rings. The van der Waals surface area contributed by atoms with E-state index in [1.54, 1.807) is 12.3 Å². The van der Waals surface area contributed by atoms with E-state index < -0.39 is 0 Å². The van der Waals surface area contributed by atoms with Crippen LogP contribution in [0.2, 0.25) is 0 Å². The van der Waals surface area contributed by atoms with Crippen molar-refractivity contribution in [3.8, 4) is 17.3 Å². The predicted molar refractivity (Wildman–Crippen MR) is 111 cm³/mol. The number of amides is 1. The van der Waals surface area contributed by atoms with E-state index in [9.17, 15) is 4.79 Å². The minimum absolute atomic E-state index is 0.0285. The number of nitrogen functional groups attached to an aromatic ring is 2. The summed E-state index contributed by atoms with van der Waals surface area (Å²) < 4.78 is 0. The van der Waals surface area contributed by atoms with Crippen LogP contribution in [0.4, 0.5) is 17.3 Å². The standard InChI is InChI=1S/C19H19N5O.C2H3N/c1-10-13(3-2-4-15(10)20)16-7-12-8-17(24-19(25)11-5-6-11)22-9-14(12)18(21)23-16;1-2-3/h2-4,7-9,11H,5-6,20H2,1H3,(H2,21,23)(H,22,24,25);1H3. The summed E-state index contributed by atoms with van der Waals surface area (Å²) in [5, 5.41) is 11.8. The molecule has 0 unspecified atom stereocenters. The lowest BCUT2D eigenvalue weighted by molar-refractivity contribution is -0.117. The molecule has 7 nitrogen and oxygen atoms in total. The van der Waals surface area contributed by atoms with Crippen LogP contribution in [-0.2, 0) is 4.79 Å². The number of hydrogen-bond acceptors (Lipinski definition) is 6. The largest absolute Gasteiger partial charge is 0.398 e. The van der Waals surface area contributed by atoms with Gasteiger partial charge in [0.1, 0.15) is 11.6 Å². The molecular formula is C21H22N6O. The Labute approximate surface area is 163 Å². The Morgan fingerprint density at radius 3 is 2.68 bits per heavy atom. The molecule has 1 saturated carbocycles. The summed E-state index contributed by atoms with van der Waals surface area (Å²) in [5.74, 6) is 1.10. The van der Waals surface area contributed by atoms with Crippen LogP contribution in [0.1, 0.15) is 25.3 Å². The Bertz CT molecular complexity index is 1080. The number of benzene rings is 1. The number of nitriles is 1. The molecule has 0 aliphatic heterocycles. The van der Waals surface area contributed by atoms with Gasteiger partial charge in [0.15, 0.2) is 0 Å². The highest BCUT2D eigenvalue weighted by atomic mass is 16.2. The van der Waals surface area contributed by atoms with Crippen LogP contribution in [0.5, 0.6) is 0 Å².